The predicted molar refractivity (Wildman–Crippen MR) is 83.6 cm³/mol. The summed E-state index contributed by atoms with van der Waals surface area (Å²) in [5, 5.41) is 7.05. The Morgan fingerprint density at radius 2 is 2.26 bits per heavy atom. The fourth-order valence-corrected chi connectivity index (χ4v) is 2.82. The lowest BCUT2D eigenvalue weighted by atomic mass is 10.2. The zero-order valence-corrected chi connectivity index (χ0v) is 13.0. The van der Waals surface area contributed by atoms with E-state index in [1.807, 2.05) is 24.4 Å². The van der Waals surface area contributed by atoms with Crippen molar-refractivity contribution in [1.29, 1.82) is 0 Å². The molecule has 1 atom stereocenters. The minimum Gasteiger partial charge on any atom is -0.350 e. The van der Waals surface area contributed by atoms with Gasteiger partial charge in [-0.25, -0.2) is 9.67 Å². The van der Waals surface area contributed by atoms with Crippen molar-refractivity contribution in [3.63, 3.8) is 0 Å². The summed E-state index contributed by atoms with van der Waals surface area (Å²) >= 11 is 0. The van der Waals surface area contributed by atoms with E-state index >= 15 is 0 Å². The summed E-state index contributed by atoms with van der Waals surface area (Å²) in [5.74, 6) is 0.552. The van der Waals surface area contributed by atoms with Crippen LogP contribution in [0.25, 0.3) is 5.82 Å². The second-order valence-corrected chi connectivity index (χ2v) is 5.56. The van der Waals surface area contributed by atoms with Crippen LogP contribution in [0.1, 0.15) is 25.3 Å². The molecule has 1 aliphatic rings. The average Bonchev–Trinajstić information content (AvgIpc) is 3.23. The van der Waals surface area contributed by atoms with Gasteiger partial charge in [-0.05, 0) is 36.6 Å². The molecule has 1 saturated heterocycles. The Kier molecular flexibility index (Phi) is 4.36. The van der Waals surface area contributed by atoms with Gasteiger partial charge in [0.25, 0.3) is 0 Å². The van der Waals surface area contributed by atoms with Crippen LogP contribution in [-0.4, -0.2) is 44.1 Å². The second-order valence-electron chi connectivity index (χ2n) is 5.56. The lowest BCUT2D eigenvalue weighted by Gasteiger charge is -2.22. The van der Waals surface area contributed by atoms with Crippen molar-refractivity contribution >= 4 is 11.8 Å². The number of nitrogens with one attached hydrogen (secondary N) is 1. The zero-order valence-electron chi connectivity index (χ0n) is 13.0. The molecule has 1 N–H and O–H groups in total. The maximum absolute atomic E-state index is 12.3. The van der Waals surface area contributed by atoms with Crippen LogP contribution in [0.3, 0.4) is 0 Å². The summed E-state index contributed by atoms with van der Waals surface area (Å²) in [6, 6.07) is 5.21. The van der Waals surface area contributed by atoms with Crippen molar-refractivity contribution in [1.82, 2.24) is 25.0 Å². The third-order valence-corrected chi connectivity index (χ3v) is 3.98. The van der Waals surface area contributed by atoms with Crippen molar-refractivity contribution < 1.29 is 9.59 Å². The summed E-state index contributed by atoms with van der Waals surface area (Å²) in [7, 11) is 0. The highest BCUT2D eigenvalue weighted by atomic mass is 16.2. The lowest BCUT2D eigenvalue weighted by molar-refractivity contribution is -0.136. The molecule has 0 spiro atoms. The molecule has 7 nitrogen and oxygen atoms in total. The first-order valence-electron chi connectivity index (χ1n) is 7.65. The van der Waals surface area contributed by atoms with E-state index in [9.17, 15) is 9.59 Å². The minimum atomic E-state index is -0.347. The number of carbonyl (C=O) groups is 2. The molecule has 0 bridgehead atoms. The standard InChI is InChI=1S/C16H19N5O2/c1-12(22)20-8-2-4-14(20)16(23)18-11-13-5-7-17-15(10-13)21-9-3-6-19-21/h3,5-7,9-10,14H,2,4,8,11H2,1H3,(H,18,23). The van der Waals surface area contributed by atoms with Crippen molar-refractivity contribution in [3.05, 3.63) is 42.4 Å². The fourth-order valence-electron chi connectivity index (χ4n) is 2.82. The van der Waals surface area contributed by atoms with Gasteiger partial charge in [-0.15, -0.1) is 0 Å². The second kappa shape index (κ2) is 6.60. The Morgan fingerprint density at radius 3 is 3.00 bits per heavy atom. The Bertz CT molecular complexity index is 698. The Labute approximate surface area is 134 Å². The highest BCUT2D eigenvalue weighted by Crippen LogP contribution is 2.17. The maximum atomic E-state index is 12.3. The largest absolute Gasteiger partial charge is 0.350 e. The van der Waals surface area contributed by atoms with Gasteiger partial charge in [-0.2, -0.15) is 5.10 Å². The number of nitrogens with zero attached hydrogens (tertiary/aromatic N) is 4. The molecule has 2 aromatic heterocycles. The quantitative estimate of drug-likeness (QED) is 0.909. The highest BCUT2D eigenvalue weighted by Gasteiger charge is 2.31. The third-order valence-electron chi connectivity index (χ3n) is 3.98. The van der Waals surface area contributed by atoms with Crippen LogP contribution >= 0.6 is 0 Å². The van der Waals surface area contributed by atoms with Gasteiger partial charge in [-0.3, -0.25) is 9.59 Å². The summed E-state index contributed by atoms with van der Waals surface area (Å²) in [5.41, 5.74) is 0.936. The van der Waals surface area contributed by atoms with Crippen molar-refractivity contribution in [3.8, 4) is 5.82 Å². The van der Waals surface area contributed by atoms with Crippen LogP contribution in [0, 0.1) is 0 Å². The normalized spacial score (nSPS) is 17.3. The van der Waals surface area contributed by atoms with Gasteiger partial charge < -0.3 is 10.2 Å². The van der Waals surface area contributed by atoms with E-state index in [1.54, 1.807) is 22.0 Å². The first-order valence-corrected chi connectivity index (χ1v) is 7.65. The van der Waals surface area contributed by atoms with E-state index in [0.717, 1.165) is 18.4 Å². The van der Waals surface area contributed by atoms with Crippen LogP contribution < -0.4 is 5.32 Å². The molecule has 0 radical (unpaired) electrons. The van der Waals surface area contributed by atoms with Gasteiger partial charge in [0.2, 0.25) is 11.8 Å². The van der Waals surface area contributed by atoms with Crippen molar-refractivity contribution in [2.24, 2.45) is 0 Å². The van der Waals surface area contributed by atoms with Gasteiger partial charge in [0.05, 0.1) is 0 Å². The van der Waals surface area contributed by atoms with Crippen LogP contribution in [0.15, 0.2) is 36.8 Å². The summed E-state index contributed by atoms with van der Waals surface area (Å²) < 4.78 is 1.67. The smallest absolute Gasteiger partial charge is 0.243 e. The molecular weight excluding hydrogens is 294 g/mol. The number of rotatable bonds is 4. The monoisotopic (exact) mass is 313 g/mol. The molecule has 1 aliphatic heterocycles. The number of hydrogen-bond acceptors (Lipinski definition) is 4. The van der Waals surface area contributed by atoms with Crippen molar-refractivity contribution in [2.45, 2.75) is 32.4 Å². The molecule has 120 valence electrons. The van der Waals surface area contributed by atoms with Crippen LogP contribution in [0.5, 0.6) is 0 Å². The molecule has 3 heterocycles. The predicted octanol–water partition coefficient (Wildman–Crippen LogP) is 0.894. The first-order chi connectivity index (χ1) is 11.1. The SMILES string of the molecule is CC(=O)N1CCCC1C(=O)NCc1ccnc(-n2cccn2)c1. The minimum absolute atomic E-state index is 0.0486. The fraction of sp³-hybridized carbons (Fsp3) is 0.375. The van der Waals surface area contributed by atoms with Gasteiger partial charge in [0.1, 0.15) is 6.04 Å². The highest BCUT2D eigenvalue weighted by molar-refractivity contribution is 5.87. The van der Waals surface area contributed by atoms with E-state index in [2.05, 4.69) is 15.4 Å². The average molecular weight is 313 g/mol. The van der Waals surface area contributed by atoms with Crippen molar-refractivity contribution in [2.75, 3.05) is 6.54 Å². The molecule has 1 fully saturated rings. The number of likely N-dealkylation sites (tertiary alicyclic amines) is 1. The van der Waals surface area contributed by atoms with Gasteiger partial charge >= 0.3 is 0 Å². The summed E-state index contributed by atoms with van der Waals surface area (Å²) in [4.78, 5) is 29.7. The topological polar surface area (TPSA) is 80.1 Å². The number of pyridine rings is 1. The molecule has 0 aliphatic carbocycles. The van der Waals surface area contributed by atoms with Crippen LogP contribution in [0.4, 0.5) is 0 Å². The van der Waals surface area contributed by atoms with Crippen LogP contribution in [0.2, 0.25) is 0 Å². The van der Waals surface area contributed by atoms with E-state index in [1.165, 1.54) is 6.92 Å². The molecule has 2 amide bonds. The van der Waals surface area contributed by atoms with E-state index in [0.29, 0.717) is 18.9 Å². The summed E-state index contributed by atoms with van der Waals surface area (Å²) in [6.45, 7) is 2.56. The maximum Gasteiger partial charge on any atom is 0.243 e. The van der Waals surface area contributed by atoms with E-state index in [4.69, 9.17) is 0 Å². The molecule has 0 saturated carbocycles. The summed E-state index contributed by atoms with van der Waals surface area (Å²) in [6.07, 6.45) is 6.78. The Hall–Kier alpha value is -2.70. The number of amides is 2. The van der Waals surface area contributed by atoms with E-state index in [-0.39, 0.29) is 17.9 Å². The Balaban J connectivity index is 1.63. The molecule has 3 rings (SSSR count). The molecule has 23 heavy (non-hydrogen) atoms. The molecule has 1 unspecified atom stereocenters. The Morgan fingerprint density at radius 1 is 1.39 bits per heavy atom. The number of aromatic nitrogens is 3. The molecule has 0 aromatic carbocycles. The first kappa shape index (κ1) is 15.2. The zero-order chi connectivity index (χ0) is 16.2. The molecule has 2 aromatic rings. The third kappa shape index (κ3) is 3.39. The van der Waals surface area contributed by atoms with Gasteiger partial charge in [0, 0.05) is 38.6 Å². The number of carbonyl (C=O) groups excluding carboxylic acids is 2. The lowest BCUT2D eigenvalue weighted by Crippen LogP contribution is -2.44. The van der Waals surface area contributed by atoms with Gasteiger partial charge in [-0.1, -0.05) is 0 Å². The number of hydrogen-bond donors (Lipinski definition) is 1. The molecule has 7 heteroatoms. The van der Waals surface area contributed by atoms with Gasteiger partial charge in [0.15, 0.2) is 5.82 Å². The van der Waals surface area contributed by atoms with E-state index < -0.39 is 0 Å². The van der Waals surface area contributed by atoms with Crippen LogP contribution in [-0.2, 0) is 16.1 Å². The molecular formula is C16H19N5O2.